The number of hydrogen-bond acceptors (Lipinski definition) is 8. The van der Waals surface area contributed by atoms with Gasteiger partial charge < -0.3 is 20.5 Å². The van der Waals surface area contributed by atoms with Crippen molar-refractivity contribution in [2.45, 2.75) is 31.4 Å². The number of nitrogens with one attached hydrogen (secondary N) is 2. The quantitative estimate of drug-likeness (QED) is 0.397. The maximum atomic E-state index is 13.9. The lowest BCUT2D eigenvalue weighted by Gasteiger charge is -2.15. The van der Waals surface area contributed by atoms with Gasteiger partial charge in [-0.05, 0) is 11.6 Å². The average Bonchev–Trinajstić information content (AvgIpc) is 3.46. The number of aliphatic hydroxyl groups is 1. The van der Waals surface area contributed by atoms with Gasteiger partial charge >= 0.3 is 0 Å². The minimum atomic E-state index is -1.00. The normalized spacial score (nSPS) is 19.9. The zero-order valence-corrected chi connectivity index (χ0v) is 18.2. The van der Waals surface area contributed by atoms with Crippen molar-refractivity contribution in [3.8, 4) is 11.4 Å². The van der Waals surface area contributed by atoms with Crippen molar-refractivity contribution in [3.63, 3.8) is 0 Å². The van der Waals surface area contributed by atoms with Crippen LogP contribution in [0.4, 0.5) is 10.2 Å². The van der Waals surface area contributed by atoms with Gasteiger partial charge in [0.1, 0.15) is 12.0 Å². The first-order valence-electron chi connectivity index (χ1n) is 10.7. The number of carbonyl (C=O) groups is 1. The molecular weight excluding hydrogens is 441 g/mol. The monoisotopic (exact) mass is 463 g/mol. The molecule has 1 fully saturated rings. The van der Waals surface area contributed by atoms with Gasteiger partial charge in [-0.15, -0.1) is 0 Å². The number of ether oxygens (including phenoxy) is 1. The Morgan fingerprint density at radius 2 is 2.09 bits per heavy atom. The van der Waals surface area contributed by atoms with Crippen LogP contribution in [0.3, 0.4) is 0 Å². The van der Waals surface area contributed by atoms with Crippen molar-refractivity contribution >= 4 is 22.9 Å². The standard InChI is InChI=1S/C23H22FN7O3/c1-25-23(33)19-16(32)8-17(34-19)31-12-28-18-21(27-9-13-5-3-2-4-6-13)29-20(30-22(18)31)14-7-15(24)11-26-10-14/h2-7,10-12,16-17,19,32H,8-9H2,1H3,(H,25,33)(H,27,29,30)/t16-,17+,19-/m0/s1. The third-order valence-corrected chi connectivity index (χ3v) is 5.60. The molecule has 3 atom stereocenters. The molecule has 1 aliphatic rings. The molecule has 11 heteroatoms. The number of benzene rings is 1. The molecular formula is C23H22FN7O3. The van der Waals surface area contributed by atoms with E-state index in [-0.39, 0.29) is 12.2 Å². The largest absolute Gasteiger partial charge is 0.390 e. The number of anilines is 1. The first-order valence-corrected chi connectivity index (χ1v) is 10.7. The summed E-state index contributed by atoms with van der Waals surface area (Å²) in [4.78, 5) is 29.6. The Hall–Kier alpha value is -3.96. The number of fused-ring (bicyclic) bond motifs is 1. The molecule has 1 aliphatic heterocycles. The number of hydrogen-bond donors (Lipinski definition) is 3. The predicted molar refractivity (Wildman–Crippen MR) is 121 cm³/mol. The molecule has 0 radical (unpaired) electrons. The lowest BCUT2D eigenvalue weighted by atomic mass is 10.1. The number of likely N-dealkylation sites (N-methyl/N-ethyl adjacent to an activating group) is 1. The second-order valence-electron chi connectivity index (χ2n) is 7.88. The molecule has 3 aromatic heterocycles. The Balaban J connectivity index is 1.56. The summed E-state index contributed by atoms with van der Waals surface area (Å²) in [6.07, 6.45) is 1.64. The first kappa shape index (κ1) is 21.9. The van der Waals surface area contributed by atoms with E-state index in [4.69, 9.17) is 4.74 Å². The number of nitrogens with zero attached hydrogens (tertiary/aromatic N) is 5. The SMILES string of the molecule is CNC(=O)[C@H]1O[C@@H](n2cnc3c(NCc4ccccc4)nc(-c4cncc(F)c4)nc32)C[C@@H]1O. The van der Waals surface area contributed by atoms with Gasteiger partial charge in [-0.1, -0.05) is 30.3 Å². The molecule has 4 heterocycles. The maximum Gasteiger partial charge on any atom is 0.251 e. The summed E-state index contributed by atoms with van der Waals surface area (Å²) in [6, 6.07) is 11.1. The van der Waals surface area contributed by atoms with Crippen LogP contribution in [0, 0.1) is 5.82 Å². The van der Waals surface area contributed by atoms with Crippen molar-refractivity contribution in [3.05, 3.63) is 66.5 Å². The van der Waals surface area contributed by atoms with Gasteiger partial charge in [0.2, 0.25) is 0 Å². The van der Waals surface area contributed by atoms with Crippen molar-refractivity contribution in [1.29, 1.82) is 0 Å². The van der Waals surface area contributed by atoms with Gasteiger partial charge in [-0.3, -0.25) is 14.3 Å². The molecule has 0 aliphatic carbocycles. The van der Waals surface area contributed by atoms with E-state index in [0.717, 1.165) is 11.8 Å². The molecule has 3 N–H and O–H groups in total. The third kappa shape index (κ3) is 4.18. The Kier molecular flexibility index (Phi) is 5.86. The number of aliphatic hydroxyl groups excluding tert-OH is 1. The van der Waals surface area contributed by atoms with E-state index in [1.54, 1.807) is 4.57 Å². The van der Waals surface area contributed by atoms with Crippen LogP contribution in [0.2, 0.25) is 0 Å². The van der Waals surface area contributed by atoms with Crippen molar-refractivity contribution in [2.75, 3.05) is 12.4 Å². The number of halogens is 1. The molecule has 4 aromatic rings. The van der Waals surface area contributed by atoms with E-state index >= 15 is 0 Å². The highest BCUT2D eigenvalue weighted by atomic mass is 19.1. The van der Waals surface area contributed by atoms with E-state index < -0.39 is 30.2 Å². The van der Waals surface area contributed by atoms with Gasteiger partial charge in [-0.25, -0.2) is 19.3 Å². The van der Waals surface area contributed by atoms with Crippen LogP contribution in [0.25, 0.3) is 22.6 Å². The second kappa shape index (κ2) is 9.12. The fraction of sp³-hybridized carbons (Fsp3) is 0.261. The fourth-order valence-electron chi connectivity index (χ4n) is 3.90. The minimum Gasteiger partial charge on any atom is -0.390 e. The summed E-state index contributed by atoms with van der Waals surface area (Å²) in [7, 11) is 1.48. The van der Waals surface area contributed by atoms with Gasteiger partial charge in [-0.2, -0.15) is 0 Å². The highest BCUT2D eigenvalue weighted by Crippen LogP contribution is 2.33. The Bertz CT molecular complexity index is 1330. The van der Waals surface area contributed by atoms with Gasteiger partial charge in [0, 0.05) is 31.8 Å². The number of amides is 1. The van der Waals surface area contributed by atoms with E-state index in [9.17, 15) is 14.3 Å². The molecule has 0 unspecified atom stereocenters. The minimum absolute atomic E-state index is 0.178. The van der Waals surface area contributed by atoms with Crippen molar-refractivity contribution in [2.24, 2.45) is 0 Å². The van der Waals surface area contributed by atoms with Crippen LogP contribution in [-0.4, -0.2) is 54.8 Å². The summed E-state index contributed by atoms with van der Waals surface area (Å²) < 4.78 is 21.3. The van der Waals surface area contributed by atoms with Gasteiger partial charge in [0.05, 0.1) is 18.6 Å². The molecule has 0 spiro atoms. The smallest absolute Gasteiger partial charge is 0.251 e. The number of aromatic nitrogens is 5. The van der Waals surface area contributed by atoms with Crippen molar-refractivity contribution in [1.82, 2.24) is 29.8 Å². The molecule has 1 aromatic carbocycles. The number of rotatable bonds is 6. The molecule has 0 saturated carbocycles. The Labute approximate surface area is 193 Å². The molecule has 174 valence electrons. The maximum absolute atomic E-state index is 13.9. The van der Waals surface area contributed by atoms with Crippen LogP contribution >= 0.6 is 0 Å². The fourth-order valence-corrected chi connectivity index (χ4v) is 3.90. The zero-order chi connectivity index (χ0) is 23.7. The molecule has 10 nitrogen and oxygen atoms in total. The summed E-state index contributed by atoms with van der Waals surface area (Å²) in [6.45, 7) is 0.484. The highest BCUT2D eigenvalue weighted by molar-refractivity contribution is 5.85. The lowest BCUT2D eigenvalue weighted by molar-refractivity contribution is -0.137. The Morgan fingerprint density at radius 3 is 2.85 bits per heavy atom. The van der Waals surface area contributed by atoms with Crippen LogP contribution in [0.15, 0.2) is 55.1 Å². The molecule has 1 amide bonds. The van der Waals surface area contributed by atoms with Crippen LogP contribution < -0.4 is 10.6 Å². The lowest BCUT2D eigenvalue weighted by Crippen LogP contribution is -2.38. The van der Waals surface area contributed by atoms with E-state index in [1.807, 2.05) is 30.3 Å². The topological polar surface area (TPSA) is 127 Å². The summed E-state index contributed by atoms with van der Waals surface area (Å²) in [5, 5.41) is 16.1. The predicted octanol–water partition coefficient (Wildman–Crippen LogP) is 2.03. The van der Waals surface area contributed by atoms with E-state index in [1.165, 1.54) is 25.6 Å². The van der Waals surface area contributed by atoms with E-state index in [0.29, 0.717) is 29.1 Å². The highest BCUT2D eigenvalue weighted by Gasteiger charge is 2.40. The van der Waals surface area contributed by atoms with Crippen LogP contribution in [0.5, 0.6) is 0 Å². The summed E-state index contributed by atoms with van der Waals surface area (Å²) in [5.74, 6) is -0.221. The molecule has 1 saturated heterocycles. The van der Waals surface area contributed by atoms with Crippen molar-refractivity contribution < 1.29 is 19.0 Å². The summed E-state index contributed by atoms with van der Waals surface area (Å²) in [5.41, 5.74) is 2.33. The molecule has 5 rings (SSSR count). The molecule has 34 heavy (non-hydrogen) atoms. The third-order valence-electron chi connectivity index (χ3n) is 5.60. The first-order chi connectivity index (χ1) is 16.5. The number of pyridine rings is 1. The zero-order valence-electron chi connectivity index (χ0n) is 18.2. The van der Waals surface area contributed by atoms with Crippen LogP contribution in [0.1, 0.15) is 18.2 Å². The Morgan fingerprint density at radius 1 is 1.26 bits per heavy atom. The van der Waals surface area contributed by atoms with Crippen LogP contribution in [-0.2, 0) is 16.1 Å². The number of carbonyl (C=O) groups excluding carboxylic acids is 1. The van der Waals surface area contributed by atoms with Gasteiger partial charge in [0.15, 0.2) is 28.9 Å². The van der Waals surface area contributed by atoms with E-state index in [2.05, 4.69) is 30.6 Å². The summed E-state index contributed by atoms with van der Waals surface area (Å²) >= 11 is 0. The second-order valence-corrected chi connectivity index (χ2v) is 7.88. The average molecular weight is 463 g/mol. The number of imidazole rings is 1. The van der Waals surface area contributed by atoms with Gasteiger partial charge in [0.25, 0.3) is 5.91 Å². The molecule has 0 bridgehead atoms.